The molecule has 0 spiro atoms. The van der Waals surface area contributed by atoms with Gasteiger partial charge in [-0.3, -0.25) is 9.59 Å². The molecule has 1 saturated heterocycles. The van der Waals surface area contributed by atoms with Crippen molar-refractivity contribution in [3.63, 3.8) is 0 Å². The van der Waals surface area contributed by atoms with Crippen LogP contribution in [0.2, 0.25) is 0 Å². The third-order valence-corrected chi connectivity index (χ3v) is 5.29. The van der Waals surface area contributed by atoms with Gasteiger partial charge < -0.3 is 15.5 Å². The van der Waals surface area contributed by atoms with E-state index in [-0.39, 0.29) is 11.8 Å². The number of rotatable bonds is 3. The normalized spacial score (nSPS) is 18.8. The molecule has 1 aliphatic rings. The van der Waals surface area contributed by atoms with Crippen LogP contribution in [0.3, 0.4) is 0 Å². The summed E-state index contributed by atoms with van der Waals surface area (Å²) < 4.78 is 0. The Morgan fingerprint density at radius 3 is 2.65 bits per heavy atom. The SMILES string of the molecule is CNC1CCCN(C(=O)c2sc(NC(=O)C(C)(C)C)cc2C)C1. The molecule has 128 valence electrons. The van der Waals surface area contributed by atoms with Gasteiger partial charge in [-0.2, -0.15) is 0 Å². The fourth-order valence-corrected chi connectivity index (χ4v) is 3.63. The zero-order valence-corrected chi connectivity index (χ0v) is 15.5. The smallest absolute Gasteiger partial charge is 0.264 e. The lowest BCUT2D eigenvalue weighted by Gasteiger charge is -2.32. The number of carbonyl (C=O) groups excluding carboxylic acids is 2. The average molecular weight is 337 g/mol. The molecule has 23 heavy (non-hydrogen) atoms. The Labute approximate surface area is 142 Å². The van der Waals surface area contributed by atoms with Crippen LogP contribution >= 0.6 is 11.3 Å². The van der Waals surface area contributed by atoms with Crippen molar-refractivity contribution in [2.24, 2.45) is 5.41 Å². The second kappa shape index (κ2) is 7.01. The van der Waals surface area contributed by atoms with Crippen molar-refractivity contribution in [1.29, 1.82) is 0 Å². The van der Waals surface area contributed by atoms with E-state index in [1.54, 1.807) is 0 Å². The van der Waals surface area contributed by atoms with Gasteiger partial charge in [0.05, 0.1) is 9.88 Å². The Balaban J connectivity index is 2.11. The van der Waals surface area contributed by atoms with Crippen molar-refractivity contribution >= 4 is 28.2 Å². The fourth-order valence-electron chi connectivity index (χ4n) is 2.60. The summed E-state index contributed by atoms with van der Waals surface area (Å²) >= 11 is 1.37. The quantitative estimate of drug-likeness (QED) is 0.891. The summed E-state index contributed by atoms with van der Waals surface area (Å²) in [6, 6.07) is 2.26. The monoisotopic (exact) mass is 337 g/mol. The van der Waals surface area contributed by atoms with Crippen LogP contribution in [-0.2, 0) is 4.79 Å². The first-order valence-corrected chi connectivity index (χ1v) is 8.92. The molecule has 6 heteroatoms. The van der Waals surface area contributed by atoms with Crippen LogP contribution in [0.4, 0.5) is 5.00 Å². The van der Waals surface area contributed by atoms with Crippen LogP contribution in [0.15, 0.2) is 6.07 Å². The van der Waals surface area contributed by atoms with Gasteiger partial charge in [-0.15, -0.1) is 11.3 Å². The predicted octanol–water partition coefficient (Wildman–Crippen LogP) is 2.87. The van der Waals surface area contributed by atoms with E-state index >= 15 is 0 Å². The maximum atomic E-state index is 12.8. The van der Waals surface area contributed by atoms with E-state index in [2.05, 4.69) is 10.6 Å². The number of piperidine rings is 1. The molecule has 0 aliphatic carbocycles. The van der Waals surface area contributed by atoms with Crippen molar-refractivity contribution in [3.8, 4) is 0 Å². The Hall–Kier alpha value is -1.40. The maximum absolute atomic E-state index is 12.8. The van der Waals surface area contributed by atoms with Crippen LogP contribution < -0.4 is 10.6 Å². The summed E-state index contributed by atoms with van der Waals surface area (Å²) in [5.41, 5.74) is 0.477. The Morgan fingerprint density at radius 1 is 1.35 bits per heavy atom. The number of hydrogen-bond donors (Lipinski definition) is 2. The van der Waals surface area contributed by atoms with Gasteiger partial charge >= 0.3 is 0 Å². The van der Waals surface area contributed by atoms with Gasteiger partial charge in [-0.1, -0.05) is 20.8 Å². The van der Waals surface area contributed by atoms with Crippen LogP contribution in [0.25, 0.3) is 0 Å². The molecule has 1 fully saturated rings. The topological polar surface area (TPSA) is 61.4 Å². The number of aryl methyl sites for hydroxylation is 1. The Bertz CT molecular complexity index is 589. The minimum absolute atomic E-state index is 0.0361. The number of carbonyl (C=O) groups is 2. The summed E-state index contributed by atoms with van der Waals surface area (Å²) in [7, 11) is 1.94. The van der Waals surface area contributed by atoms with E-state index in [9.17, 15) is 9.59 Å². The number of hydrogen-bond acceptors (Lipinski definition) is 4. The van der Waals surface area contributed by atoms with Crippen LogP contribution in [0, 0.1) is 12.3 Å². The van der Waals surface area contributed by atoms with Crippen LogP contribution in [0.1, 0.15) is 48.8 Å². The summed E-state index contributed by atoms with van der Waals surface area (Å²) in [5, 5.41) is 6.92. The van der Waals surface area contributed by atoms with Gasteiger partial charge in [0.15, 0.2) is 0 Å². The highest BCUT2D eigenvalue weighted by molar-refractivity contribution is 7.18. The largest absolute Gasteiger partial charge is 0.336 e. The standard InChI is InChI=1S/C17H27N3O2S/c1-11-9-13(19-16(22)17(2,3)4)23-14(11)15(21)20-8-6-7-12(10-20)18-5/h9,12,18H,6-8,10H2,1-5H3,(H,19,22). The molecule has 0 saturated carbocycles. The second-order valence-corrected chi connectivity index (χ2v) is 8.26. The van der Waals surface area contributed by atoms with E-state index < -0.39 is 5.41 Å². The summed E-state index contributed by atoms with van der Waals surface area (Å²) in [5.74, 6) is 0.0367. The van der Waals surface area contributed by atoms with E-state index in [1.165, 1.54) is 11.3 Å². The van der Waals surface area contributed by atoms with Crippen molar-refractivity contribution in [2.45, 2.75) is 46.6 Å². The lowest BCUT2D eigenvalue weighted by molar-refractivity contribution is -0.123. The molecule has 0 aromatic carbocycles. The highest BCUT2D eigenvalue weighted by Crippen LogP contribution is 2.30. The molecular weight excluding hydrogens is 310 g/mol. The van der Waals surface area contributed by atoms with Crippen molar-refractivity contribution in [1.82, 2.24) is 10.2 Å². The summed E-state index contributed by atoms with van der Waals surface area (Å²) in [6.07, 6.45) is 2.13. The fraction of sp³-hybridized carbons (Fsp3) is 0.647. The van der Waals surface area contributed by atoms with Crippen molar-refractivity contribution in [2.75, 3.05) is 25.5 Å². The lowest BCUT2D eigenvalue weighted by Crippen LogP contribution is -2.46. The number of likely N-dealkylation sites (N-methyl/N-ethyl adjacent to an activating group) is 1. The molecule has 0 bridgehead atoms. The molecule has 2 N–H and O–H groups in total. The Morgan fingerprint density at radius 2 is 2.04 bits per heavy atom. The van der Waals surface area contributed by atoms with Crippen molar-refractivity contribution < 1.29 is 9.59 Å². The molecule has 0 radical (unpaired) electrons. The highest BCUT2D eigenvalue weighted by atomic mass is 32.1. The Kier molecular flexibility index (Phi) is 5.47. The number of anilines is 1. The molecule has 2 heterocycles. The van der Waals surface area contributed by atoms with Gasteiger partial charge in [-0.05, 0) is 38.4 Å². The van der Waals surface area contributed by atoms with Crippen LogP contribution in [-0.4, -0.2) is 42.9 Å². The minimum atomic E-state index is -0.449. The van der Waals surface area contributed by atoms with Gasteiger partial charge in [0.2, 0.25) is 5.91 Å². The zero-order chi connectivity index (χ0) is 17.2. The van der Waals surface area contributed by atoms with E-state index in [1.807, 2.05) is 45.7 Å². The molecule has 1 aromatic rings. The number of nitrogens with zero attached hydrogens (tertiary/aromatic N) is 1. The van der Waals surface area contributed by atoms with Gasteiger partial charge in [-0.25, -0.2) is 0 Å². The third-order valence-electron chi connectivity index (χ3n) is 4.15. The molecule has 1 unspecified atom stereocenters. The third kappa shape index (κ3) is 4.32. The predicted molar refractivity (Wildman–Crippen MR) is 95.1 cm³/mol. The molecule has 1 atom stereocenters. The van der Waals surface area contributed by atoms with Gasteiger partial charge in [0, 0.05) is 24.5 Å². The number of nitrogens with one attached hydrogen (secondary N) is 2. The molecule has 2 rings (SSSR count). The maximum Gasteiger partial charge on any atom is 0.264 e. The average Bonchev–Trinajstić information content (AvgIpc) is 2.86. The number of amides is 2. The van der Waals surface area contributed by atoms with Crippen molar-refractivity contribution in [3.05, 3.63) is 16.5 Å². The van der Waals surface area contributed by atoms with E-state index in [4.69, 9.17) is 0 Å². The molecule has 2 amide bonds. The van der Waals surface area contributed by atoms with E-state index in [0.717, 1.165) is 41.4 Å². The highest BCUT2D eigenvalue weighted by Gasteiger charge is 2.27. The molecule has 5 nitrogen and oxygen atoms in total. The van der Waals surface area contributed by atoms with Gasteiger partial charge in [0.1, 0.15) is 0 Å². The lowest BCUT2D eigenvalue weighted by atomic mass is 9.96. The first kappa shape index (κ1) is 17.9. The first-order chi connectivity index (χ1) is 10.7. The summed E-state index contributed by atoms with van der Waals surface area (Å²) in [6.45, 7) is 9.10. The number of likely N-dealkylation sites (tertiary alicyclic amines) is 1. The van der Waals surface area contributed by atoms with Gasteiger partial charge in [0.25, 0.3) is 5.91 Å². The first-order valence-electron chi connectivity index (χ1n) is 8.11. The minimum Gasteiger partial charge on any atom is -0.336 e. The van der Waals surface area contributed by atoms with Crippen LogP contribution in [0.5, 0.6) is 0 Å². The number of thiophene rings is 1. The molecule has 1 aliphatic heterocycles. The second-order valence-electron chi connectivity index (χ2n) is 7.21. The molecular formula is C17H27N3O2S. The summed E-state index contributed by atoms with van der Waals surface area (Å²) in [4.78, 5) is 27.5. The van der Waals surface area contributed by atoms with E-state index in [0.29, 0.717) is 6.04 Å². The zero-order valence-electron chi connectivity index (χ0n) is 14.7. The molecule has 1 aromatic heterocycles.